The molecule has 4 aromatic rings. The SMILES string of the molecule is COc1cc(OC)c2c(c1Cl)OC1(C2=O)C(O)=C(C(CC(=O)NCc2ccc(-c3nccs3)cc2)c2ccc(SC)cc2)C(=O)CC1C. The van der Waals surface area contributed by atoms with Crippen molar-refractivity contribution in [3.05, 3.63) is 99.2 Å². The number of nitrogens with zero attached hydrogens (tertiary/aromatic N) is 1. The van der Waals surface area contributed by atoms with Crippen LogP contribution in [0.2, 0.25) is 5.02 Å². The number of methoxy groups -OCH3 is 2. The molecule has 2 N–H and O–H groups in total. The van der Waals surface area contributed by atoms with Gasteiger partial charge in [0.05, 0.1) is 14.2 Å². The zero-order valence-corrected chi connectivity index (χ0v) is 29.1. The Labute approximate surface area is 291 Å². The number of hydrogen-bond acceptors (Lipinski definition) is 10. The van der Waals surface area contributed by atoms with E-state index >= 15 is 0 Å². The number of nitrogens with one attached hydrogen (secondary N) is 1. The van der Waals surface area contributed by atoms with E-state index in [1.54, 1.807) is 36.2 Å². The van der Waals surface area contributed by atoms with E-state index in [9.17, 15) is 19.5 Å². The fourth-order valence-electron chi connectivity index (χ4n) is 6.35. The maximum Gasteiger partial charge on any atom is 0.231 e. The highest BCUT2D eigenvalue weighted by Crippen LogP contribution is 2.55. The predicted molar refractivity (Wildman–Crippen MR) is 186 cm³/mol. The molecule has 0 saturated heterocycles. The molecule has 0 saturated carbocycles. The maximum absolute atomic E-state index is 14.3. The number of ether oxygens (including phenoxy) is 3. The first-order valence-electron chi connectivity index (χ1n) is 15.2. The zero-order valence-electron chi connectivity index (χ0n) is 26.7. The summed E-state index contributed by atoms with van der Waals surface area (Å²) < 4.78 is 17.2. The van der Waals surface area contributed by atoms with Crippen LogP contribution < -0.4 is 19.5 Å². The van der Waals surface area contributed by atoms with Crippen LogP contribution in [0.1, 0.15) is 47.2 Å². The number of Topliss-reactive ketones (excluding diaryl/α,β-unsaturated/α-hetero) is 2. The number of amides is 1. The minimum Gasteiger partial charge on any atom is -0.507 e. The molecule has 9 nitrogen and oxygen atoms in total. The lowest BCUT2D eigenvalue weighted by Gasteiger charge is -2.38. The van der Waals surface area contributed by atoms with Crippen LogP contribution in [-0.4, -0.2) is 53.6 Å². The van der Waals surface area contributed by atoms with Gasteiger partial charge in [-0.25, -0.2) is 4.98 Å². The molecule has 1 aromatic heterocycles. The fraction of sp³-hybridized carbons (Fsp3) is 0.278. The van der Waals surface area contributed by atoms with Crippen molar-refractivity contribution in [2.24, 2.45) is 5.92 Å². The minimum atomic E-state index is -1.96. The lowest BCUT2D eigenvalue weighted by molar-refractivity contribution is -0.122. The number of ketones is 2. The molecule has 0 bridgehead atoms. The van der Waals surface area contributed by atoms with Crippen molar-refractivity contribution in [1.29, 1.82) is 0 Å². The van der Waals surface area contributed by atoms with Gasteiger partial charge in [-0.05, 0) is 29.5 Å². The van der Waals surface area contributed by atoms with Crippen molar-refractivity contribution in [3.8, 4) is 27.8 Å². The molecule has 2 aliphatic rings. The average molecular weight is 705 g/mol. The van der Waals surface area contributed by atoms with Gasteiger partial charge in [-0.3, -0.25) is 14.4 Å². The van der Waals surface area contributed by atoms with Crippen molar-refractivity contribution in [1.82, 2.24) is 10.3 Å². The van der Waals surface area contributed by atoms with Gasteiger partial charge in [0.15, 0.2) is 17.3 Å². The summed E-state index contributed by atoms with van der Waals surface area (Å²) in [6, 6.07) is 16.7. The standard InChI is InChI=1S/C36H33ClN2O7S2/c1-19-15-25(40)29(33(42)36(19)34(43)30-26(44-2)17-27(45-3)31(37)32(30)46-36)24(21-9-11-23(47-4)12-10-21)16-28(41)39-18-20-5-7-22(8-6-20)35-38-13-14-48-35/h5-14,17,19,24,42H,15-16,18H2,1-4H3,(H,39,41). The number of halogens is 1. The van der Waals surface area contributed by atoms with Crippen LogP contribution in [-0.2, 0) is 16.1 Å². The van der Waals surface area contributed by atoms with Gasteiger partial charge in [-0.2, -0.15) is 0 Å². The third-order valence-electron chi connectivity index (χ3n) is 8.89. The van der Waals surface area contributed by atoms with E-state index in [1.807, 2.05) is 60.2 Å². The molecule has 1 aliphatic carbocycles. The number of carbonyl (C=O) groups is 3. The summed E-state index contributed by atoms with van der Waals surface area (Å²) in [6.07, 6.45) is 3.43. The molecule has 0 radical (unpaired) electrons. The molecule has 3 unspecified atom stereocenters. The highest BCUT2D eigenvalue weighted by molar-refractivity contribution is 7.98. The van der Waals surface area contributed by atoms with Crippen molar-refractivity contribution in [2.75, 3.05) is 20.5 Å². The second kappa shape index (κ2) is 13.7. The van der Waals surface area contributed by atoms with Gasteiger partial charge in [-0.15, -0.1) is 23.1 Å². The molecule has 3 atom stereocenters. The second-order valence-corrected chi connectivity index (χ2v) is 13.7. The van der Waals surface area contributed by atoms with E-state index in [1.165, 1.54) is 20.3 Å². The number of carbonyl (C=O) groups excluding carboxylic acids is 3. The number of thioether (sulfide) groups is 1. The molecule has 3 aromatic carbocycles. The molecule has 2 heterocycles. The van der Waals surface area contributed by atoms with E-state index in [-0.39, 0.29) is 64.5 Å². The number of fused-ring (bicyclic) bond motifs is 1. The summed E-state index contributed by atoms with van der Waals surface area (Å²) in [6.45, 7) is 1.92. The van der Waals surface area contributed by atoms with Crippen LogP contribution in [0.25, 0.3) is 10.6 Å². The monoisotopic (exact) mass is 704 g/mol. The van der Waals surface area contributed by atoms with Crippen LogP contribution in [0.3, 0.4) is 0 Å². The summed E-state index contributed by atoms with van der Waals surface area (Å²) in [4.78, 5) is 47.1. The van der Waals surface area contributed by atoms with Crippen LogP contribution in [0.15, 0.2) is 82.4 Å². The summed E-state index contributed by atoms with van der Waals surface area (Å²) in [5, 5.41) is 17.9. The summed E-state index contributed by atoms with van der Waals surface area (Å²) in [7, 11) is 2.82. The van der Waals surface area contributed by atoms with Crippen LogP contribution in [0, 0.1) is 5.92 Å². The summed E-state index contributed by atoms with van der Waals surface area (Å²) in [5.41, 5.74) is 0.555. The highest BCUT2D eigenvalue weighted by atomic mass is 35.5. The van der Waals surface area contributed by atoms with E-state index < -0.39 is 29.0 Å². The molecule has 1 spiro atoms. The molecule has 6 rings (SSSR count). The van der Waals surface area contributed by atoms with Crippen LogP contribution in [0.4, 0.5) is 0 Å². The number of aliphatic hydroxyl groups excluding tert-OH is 1. The van der Waals surface area contributed by atoms with Crippen molar-refractivity contribution in [3.63, 3.8) is 0 Å². The van der Waals surface area contributed by atoms with Crippen LogP contribution >= 0.6 is 34.7 Å². The van der Waals surface area contributed by atoms with Gasteiger partial charge < -0.3 is 24.6 Å². The molecule has 48 heavy (non-hydrogen) atoms. The second-order valence-electron chi connectivity index (χ2n) is 11.6. The Morgan fingerprint density at radius 3 is 2.48 bits per heavy atom. The Morgan fingerprint density at radius 2 is 1.85 bits per heavy atom. The fourth-order valence-corrected chi connectivity index (χ4v) is 7.67. The number of benzene rings is 3. The number of hydrogen-bond donors (Lipinski definition) is 2. The number of aromatic nitrogens is 1. The summed E-state index contributed by atoms with van der Waals surface area (Å²) in [5.74, 6) is -3.09. The molecule has 12 heteroatoms. The predicted octanol–water partition coefficient (Wildman–Crippen LogP) is 7.43. The van der Waals surface area contributed by atoms with Gasteiger partial charge in [0.25, 0.3) is 0 Å². The van der Waals surface area contributed by atoms with E-state index in [4.69, 9.17) is 25.8 Å². The third-order valence-corrected chi connectivity index (χ3v) is 10.8. The van der Waals surface area contributed by atoms with Gasteiger partial charge in [0.1, 0.15) is 27.1 Å². The zero-order chi connectivity index (χ0) is 34.2. The molecule has 0 fully saturated rings. The highest BCUT2D eigenvalue weighted by Gasteiger charge is 2.61. The van der Waals surface area contributed by atoms with Gasteiger partial charge in [-0.1, -0.05) is 54.9 Å². The van der Waals surface area contributed by atoms with Gasteiger partial charge in [0.2, 0.25) is 17.3 Å². The lowest BCUT2D eigenvalue weighted by atomic mass is 9.69. The first-order chi connectivity index (χ1) is 23.1. The largest absolute Gasteiger partial charge is 0.507 e. The van der Waals surface area contributed by atoms with Crippen LogP contribution in [0.5, 0.6) is 17.2 Å². The van der Waals surface area contributed by atoms with Gasteiger partial charge >= 0.3 is 0 Å². The quantitative estimate of drug-likeness (QED) is 0.162. The normalized spacial score (nSPS) is 19.2. The molecular weight excluding hydrogens is 672 g/mol. The van der Waals surface area contributed by atoms with E-state index in [2.05, 4.69) is 10.3 Å². The van der Waals surface area contributed by atoms with Crippen molar-refractivity contribution in [2.45, 2.75) is 42.7 Å². The summed E-state index contributed by atoms with van der Waals surface area (Å²) >= 11 is 9.70. The topological polar surface area (TPSA) is 124 Å². The first-order valence-corrected chi connectivity index (χ1v) is 17.7. The molecule has 1 aliphatic heterocycles. The Kier molecular flexibility index (Phi) is 9.55. The third kappa shape index (κ3) is 5.84. The average Bonchev–Trinajstić information content (AvgIpc) is 3.75. The Hall–Kier alpha value is -4.32. The molecule has 1 amide bonds. The molecular formula is C36H33ClN2O7S2. The van der Waals surface area contributed by atoms with E-state index in [0.29, 0.717) is 5.56 Å². The number of aliphatic hydroxyl groups is 1. The lowest BCUT2D eigenvalue weighted by Crippen LogP contribution is -2.53. The Bertz CT molecular complexity index is 1910. The molecule has 248 valence electrons. The van der Waals surface area contributed by atoms with E-state index in [0.717, 1.165) is 21.0 Å². The number of thiazole rings is 1. The van der Waals surface area contributed by atoms with Crippen molar-refractivity contribution < 1.29 is 33.7 Å². The number of allylic oxidation sites excluding steroid dienone is 1. The Morgan fingerprint density at radius 1 is 1.15 bits per heavy atom. The van der Waals surface area contributed by atoms with Gasteiger partial charge in [0, 0.05) is 64.9 Å². The van der Waals surface area contributed by atoms with Crippen molar-refractivity contribution >= 4 is 52.2 Å². The Balaban J connectivity index is 1.36. The first kappa shape index (κ1) is 33.6. The number of rotatable bonds is 10. The minimum absolute atomic E-state index is 0.00413. The maximum atomic E-state index is 14.3. The smallest absolute Gasteiger partial charge is 0.231 e.